The largest absolute Gasteiger partial charge is 0.480 e. The fourth-order valence-corrected chi connectivity index (χ4v) is 1.49. The summed E-state index contributed by atoms with van der Waals surface area (Å²) in [6.45, 7) is 0.489. The first kappa shape index (κ1) is 13.4. The van der Waals surface area contributed by atoms with E-state index in [2.05, 4.69) is 8.85 Å². The van der Waals surface area contributed by atoms with Crippen LogP contribution in [0.3, 0.4) is 0 Å². The summed E-state index contributed by atoms with van der Waals surface area (Å²) in [6.07, 6.45) is 2.00. The molecular formula is C7H14IN3O3. The number of aliphatic carboxylic acids is 1. The van der Waals surface area contributed by atoms with Crippen LogP contribution in [0.15, 0.2) is 0 Å². The smallest absolute Gasteiger partial charge is 0.321 e. The molecule has 82 valence electrons. The van der Waals surface area contributed by atoms with Crippen LogP contribution in [0.5, 0.6) is 0 Å². The van der Waals surface area contributed by atoms with Crippen LogP contribution in [-0.4, -0.2) is 29.7 Å². The Morgan fingerprint density at radius 3 is 2.50 bits per heavy atom. The summed E-state index contributed by atoms with van der Waals surface area (Å²) < 4.78 is 2.66. The van der Waals surface area contributed by atoms with Crippen LogP contribution in [-0.2, 0) is 4.79 Å². The number of nitrogens with two attached hydrogens (primary N) is 1. The first-order valence-electron chi connectivity index (χ1n) is 4.20. The maximum atomic E-state index is 10.5. The molecule has 0 aliphatic carbocycles. The van der Waals surface area contributed by atoms with Gasteiger partial charge in [0.05, 0.1) is 0 Å². The summed E-state index contributed by atoms with van der Waals surface area (Å²) in [4.78, 5) is 20.8. The van der Waals surface area contributed by atoms with Gasteiger partial charge in [-0.15, -0.1) is 0 Å². The van der Waals surface area contributed by atoms with Gasteiger partial charge in [-0.25, -0.2) is 8.32 Å². The van der Waals surface area contributed by atoms with Gasteiger partial charge >= 0.3 is 12.0 Å². The molecule has 0 saturated heterocycles. The lowest BCUT2D eigenvalue weighted by atomic mass is 10.1. The van der Waals surface area contributed by atoms with Crippen molar-refractivity contribution in [2.75, 3.05) is 6.54 Å². The Bertz CT molecular complexity index is 201. The van der Waals surface area contributed by atoms with E-state index in [-0.39, 0.29) is 0 Å². The maximum absolute atomic E-state index is 10.5. The minimum Gasteiger partial charge on any atom is -0.480 e. The van der Waals surface area contributed by atoms with Gasteiger partial charge in [0.25, 0.3) is 0 Å². The van der Waals surface area contributed by atoms with Crippen molar-refractivity contribution in [3.8, 4) is 0 Å². The monoisotopic (exact) mass is 315 g/mol. The fraction of sp³-hybridized carbons (Fsp3) is 0.714. The maximum Gasteiger partial charge on any atom is 0.321 e. The van der Waals surface area contributed by atoms with E-state index in [9.17, 15) is 9.59 Å². The number of carbonyl (C=O) groups excluding carboxylic acids is 1. The van der Waals surface area contributed by atoms with Crippen molar-refractivity contribution in [2.45, 2.75) is 25.3 Å². The van der Waals surface area contributed by atoms with Crippen molar-refractivity contribution in [3.05, 3.63) is 0 Å². The summed E-state index contributed by atoms with van der Waals surface area (Å²) in [6, 6.07) is -1.07. The van der Waals surface area contributed by atoms with E-state index in [0.29, 0.717) is 13.0 Å². The third-order valence-corrected chi connectivity index (χ3v) is 2.40. The number of urea groups is 1. The van der Waals surface area contributed by atoms with Gasteiger partial charge in [-0.3, -0.25) is 4.79 Å². The first-order valence-corrected chi connectivity index (χ1v) is 5.28. The lowest BCUT2D eigenvalue weighted by molar-refractivity contribution is -0.138. The summed E-state index contributed by atoms with van der Waals surface area (Å²) in [5.41, 5.74) is 4.85. The number of carboxylic acids is 1. The van der Waals surface area contributed by atoms with E-state index in [1.54, 1.807) is 0 Å². The van der Waals surface area contributed by atoms with Crippen LogP contribution in [0.4, 0.5) is 4.79 Å². The molecule has 1 unspecified atom stereocenters. The predicted molar refractivity (Wildman–Crippen MR) is 60.0 cm³/mol. The van der Waals surface area contributed by atoms with Gasteiger partial charge in [0.2, 0.25) is 0 Å². The molecule has 0 radical (unpaired) electrons. The third-order valence-electron chi connectivity index (χ3n) is 1.65. The normalized spacial score (nSPS) is 12.1. The molecule has 1 atom stereocenters. The van der Waals surface area contributed by atoms with Gasteiger partial charge in [0.15, 0.2) is 0 Å². The Morgan fingerprint density at radius 1 is 1.43 bits per heavy atom. The second-order valence-corrected chi connectivity index (χ2v) is 3.41. The number of unbranched alkanes of at least 4 members (excludes halogenated alkanes) is 1. The molecule has 0 aliphatic heterocycles. The molecule has 5 N–H and O–H groups in total. The zero-order valence-corrected chi connectivity index (χ0v) is 9.78. The van der Waals surface area contributed by atoms with E-state index in [1.807, 2.05) is 22.9 Å². The van der Waals surface area contributed by atoms with Crippen molar-refractivity contribution in [1.29, 1.82) is 0 Å². The van der Waals surface area contributed by atoms with E-state index in [0.717, 1.165) is 12.8 Å². The van der Waals surface area contributed by atoms with Gasteiger partial charge in [-0.05, 0) is 19.3 Å². The van der Waals surface area contributed by atoms with E-state index in [4.69, 9.17) is 10.8 Å². The molecule has 0 heterocycles. The number of primary amides is 1. The molecular weight excluding hydrogens is 301 g/mol. The summed E-state index contributed by atoms with van der Waals surface area (Å²) >= 11 is 1.82. The third kappa shape index (κ3) is 6.89. The number of hydrogen-bond donors (Lipinski definition) is 4. The van der Waals surface area contributed by atoms with Crippen molar-refractivity contribution in [2.24, 2.45) is 5.73 Å². The Morgan fingerprint density at radius 2 is 2.07 bits per heavy atom. The number of amides is 2. The zero-order valence-electron chi connectivity index (χ0n) is 7.62. The Hall–Kier alpha value is -0.570. The van der Waals surface area contributed by atoms with Crippen LogP contribution in [0, 0.1) is 0 Å². The Balaban J connectivity index is 3.42. The van der Waals surface area contributed by atoms with Crippen LogP contribution in [0.2, 0.25) is 0 Å². The fourth-order valence-electron chi connectivity index (χ4n) is 0.910. The average Bonchev–Trinajstić information content (AvgIpc) is 2.10. The van der Waals surface area contributed by atoms with Crippen molar-refractivity contribution in [1.82, 2.24) is 8.85 Å². The Labute approximate surface area is 96.1 Å². The highest BCUT2D eigenvalue weighted by Gasteiger charge is 2.14. The first-order chi connectivity index (χ1) is 6.57. The van der Waals surface area contributed by atoms with Crippen molar-refractivity contribution >= 4 is 34.9 Å². The molecule has 0 fully saturated rings. The van der Waals surface area contributed by atoms with Gasteiger partial charge in [0.1, 0.15) is 6.04 Å². The molecule has 0 saturated carbocycles. The second kappa shape index (κ2) is 7.80. The molecule has 7 heteroatoms. The number of carbonyl (C=O) groups is 2. The highest BCUT2D eigenvalue weighted by Crippen LogP contribution is 2.02. The molecule has 0 aromatic rings. The SMILES string of the molecule is NC(=O)NCCCCC(NI)C(=O)O. The minimum absolute atomic E-state index is 0.489. The average molecular weight is 315 g/mol. The number of hydrogen-bond acceptors (Lipinski definition) is 3. The second-order valence-electron chi connectivity index (χ2n) is 2.79. The summed E-state index contributed by atoms with van der Waals surface area (Å²) in [7, 11) is 0. The number of carboxylic acid groups (broad SMARTS) is 1. The van der Waals surface area contributed by atoms with E-state index >= 15 is 0 Å². The molecule has 2 amide bonds. The summed E-state index contributed by atoms with van der Waals surface area (Å²) in [5, 5.41) is 11.1. The highest BCUT2D eigenvalue weighted by molar-refractivity contribution is 14.1. The van der Waals surface area contributed by atoms with Gasteiger partial charge in [0, 0.05) is 29.4 Å². The Kier molecular flexibility index (Phi) is 7.48. The van der Waals surface area contributed by atoms with Gasteiger partial charge in [-0.1, -0.05) is 0 Å². The van der Waals surface area contributed by atoms with Gasteiger partial charge < -0.3 is 16.2 Å². The van der Waals surface area contributed by atoms with Crippen LogP contribution >= 0.6 is 22.9 Å². The van der Waals surface area contributed by atoms with E-state index < -0.39 is 18.0 Å². The summed E-state index contributed by atoms with van der Waals surface area (Å²) in [5.74, 6) is -0.859. The van der Waals surface area contributed by atoms with Crippen LogP contribution in [0.1, 0.15) is 19.3 Å². The molecule has 0 bridgehead atoms. The molecule has 6 nitrogen and oxygen atoms in total. The van der Waals surface area contributed by atoms with Crippen LogP contribution < -0.4 is 14.6 Å². The molecule has 0 aromatic heterocycles. The lowest BCUT2D eigenvalue weighted by Crippen LogP contribution is -2.31. The number of rotatable bonds is 7. The highest BCUT2D eigenvalue weighted by atomic mass is 127. The topological polar surface area (TPSA) is 104 Å². The van der Waals surface area contributed by atoms with Crippen molar-refractivity contribution < 1.29 is 14.7 Å². The lowest BCUT2D eigenvalue weighted by Gasteiger charge is -2.09. The number of halogens is 1. The number of nitrogens with one attached hydrogen (secondary N) is 2. The zero-order chi connectivity index (χ0) is 11.0. The van der Waals surface area contributed by atoms with Crippen molar-refractivity contribution in [3.63, 3.8) is 0 Å². The van der Waals surface area contributed by atoms with Crippen LogP contribution in [0.25, 0.3) is 0 Å². The van der Waals surface area contributed by atoms with Gasteiger partial charge in [-0.2, -0.15) is 0 Å². The quantitative estimate of drug-likeness (QED) is 0.306. The molecule has 0 rings (SSSR count). The molecule has 0 aliphatic rings. The minimum atomic E-state index is -0.859. The standard InChI is InChI=1S/C7H14IN3O3/c8-11-5(6(12)13)3-1-2-4-10-7(9)14/h5,11H,1-4H2,(H,12,13)(H3,9,10,14). The molecule has 0 spiro atoms. The molecule has 0 aromatic carbocycles. The molecule has 14 heavy (non-hydrogen) atoms. The van der Waals surface area contributed by atoms with E-state index in [1.165, 1.54) is 0 Å². The predicted octanol–water partition coefficient (Wildman–Crippen LogP) is 0.218.